The zero-order valence-electron chi connectivity index (χ0n) is 13.0. The van der Waals surface area contributed by atoms with E-state index >= 15 is 0 Å². The van der Waals surface area contributed by atoms with Crippen molar-refractivity contribution in [3.8, 4) is 0 Å². The molecule has 0 atom stereocenters. The number of anilines is 1. The molecular weight excluding hydrogens is 246 g/mol. The Bertz CT molecular complexity index is 435. The van der Waals surface area contributed by atoms with Crippen LogP contribution >= 0.6 is 0 Å². The molecule has 0 spiro atoms. The van der Waals surface area contributed by atoms with Crippen molar-refractivity contribution in [3.63, 3.8) is 0 Å². The molecule has 2 nitrogen and oxygen atoms in total. The van der Waals surface area contributed by atoms with Crippen LogP contribution in [0.4, 0.5) is 5.69 Å². The van der Waals surface area contributed by atoms with Gasteiger partial charge in [0.2, 0.25) is 5.91 Å². The molecule has 1 aromatic rings. The lowest BCUT2D eigenvalue weighted by Crippen LogP contribution is -2.14. The fourth-order valence-electron chi connectivity index (χ4n) is 2.91. The maximum Gasteiger partial charge on any atom is 0.224 e. The van der Waals surface area contributed by atoms with Crippen LogP contribution in [-0.4, -0.2) is 5.91 Å². The molecule has 1 fully saturated rings. The van der Waals surface area contributed by atoms with Crippen molar-refractivity contribution in [2.45, 2.75) is 64.7 Å². The number of carbonyl (C=O) groups excluding carboxylic acids is 1. The van der Waals surface area contributed by atoms with E-state index < -0.39 is 0 Å². The summed E-state index contributed by atoms with van der Waals surface area (Å²) in [4.78, 5) is 11.9. The number of carbonyl (C=O) groups is 1. The molecule has 110 valence electrons. The Labute approximate surface area is 123 Å². The van der Waals surface area contributed by atoms with Gasteiger partial charge in [0.15, 0.2) is 0 Å². The number of amides is 1. The van der Waals surface area contributed by atoms with Crippen molar-refractivity contribution in [2.24, 2.45) is 5.92 Å². The molecule has 1 amide bonds. The first-order valence-corrected chi connectivity index (χ1v) is 7.85. The minimum atomic E-state index is 0.153. The molecule has 0 radical (unpaired) electrons. The monoisotopic (exact) mass is 273 g/mol. The highest BCUT2D eigenvalue weighted by molar-refractivity contribution is 5.90. The molecule has 2 heteroatoms. The number of nitrogens with one attached hydrogen (secondary N) is 1. The highest BCUT2D eigenvalue weighted by atomic mass is 16.1. The van der Waals surface area contributed by atoms with E-state index in [9.17, 15) is 4.79 Å². The summed E-state index contributed by atoms with van der Waals surface area (Å²) in [6.07, 6.45) is 7.03. The molecule has 1 saturated carbocycles. The lowest BCUT2D eigenvalue weighted by Gasteiger charge is -2.19. The van der Waals surface area contributed by atoms with Gasteiger partial charge in [0, 0.05) is 12.1 Å². The van der Waals surface area contributed by atoms with E-state index in [2.05, 4.69) is 38.2 Å². The zero-order valence-corrected chi connectivity index (χ0v) is 13.0. The van der Waals surface area contributed by atoms with Gasteiger partial charge in [-0.15, -0.1) is 0 Å². The van der Waals surface area contributed by atoms with Gasteiger partial charge in [-0.1, -0.05) is 58.6 Å². The molecule has 0 unspecified atom stereocenters. The van der Waals surface area contributed by atoms with Crippen LogP contribution in [-0.2, 0) is 10.2 Å². The van der Waals surface area contributed by atoms with Crippen molar-refractivity contribution >= 4 is 11.6 Å². The molecule has 20 heavy (non-hydrogen) atoms. The summed E-state index contributed by atoms with van der Waals surface area (Å²) in [6.45, 7) is 6.59. The normalized spacial score (nSPS) is 16.4. The second-order valence-corrected chi connectivity index (χ2v) is 7.06. The largest absolute Gasteiger partial charge is 0.326 e. The van der Waals surface area contributed by atoms with Crippen LogP contribution in [0.2, 0.25) is 0 Å². The molecule has 1 aromatic carbocycles. The summed E-state index contributed by atoms with van der Waals surface area (Å²) >= 11 is 0. The van der Waals surface area contributed by atoms with Crippen LogP contribution in [0.1, 0.15) is 64.9 Å². The van der Waals surface area contributed by atoms with Crippen LogP contribution < -0.4 is 5.32 Å². The van der Waals surface area contributed by atoms with Gasteiger partial charge in [-0.25, -0.2) is 0 Å². The standard InChI is InChI=1S/C18H27NO/c1-18(2,3)15-9-11-16(12-10-15)19-17(20)13-8-14-6-4-5-7-14/h9-12,14H,4-8,13H2,1-3H3,(H,19,20). The van der Waals surface area contributed by atoms with Crippen molar-refractivity contribution in [2.75, 3.05) is 5.32 Å². The number of hydrogen-bond donors (Lipinski definition) is 1. The quantitative estimate of drug-likeness (QED) is 0.831. The topological polar surface area (TPSA) is 29.1 Å². The van der Waals surface area contributed by atoms with E-state index in [1.807, 2.05) is 12.1 Å². The Balaban J connectivity index is 1.81. The molecule has 1 N–H and O–H groups in total. The highest BCUT2D eigenvalue weighted by Crippen LogP contribution is 2.28. The average molecular weight is 273 g/mol. The maximum atomic E-state index is 11.9. The van der Waals surface area contributed by atoms with Gasteiger partial charge in [-0.05, 0) is 35.4 Å². The van der Waals surface area contributed by atoms with Crippen LogP contribution in [0.25, 0.3) is 0 Å². The fourth-order valence-corrected chi connectivity index (χ4v) is 2.91. The number of rotatable bonds is 4. The van der Waals surface area contributed by atoms with E-state index in [1.165, 1.54) is 31.2 Å². The third-order valence-corrected chi connectivity index (χ3v) is 4.29. The Morgan fingerprint density at radius 1 is 1.15 bits per heavy atom. The smallest absolute Gasteiger partial charge is 0.224 e. The molecule has 0 bridgehead atoms. The lowest BCUT2D eigenvalue weighted by atomic mass is 9.87. The molecule has 0 aliphatic heterocycles. The first kappa shape index (κ1) is 15.1. The third kappa shape index (κ3) is 4.36. The fraction of sp³-hybridized carbons (Fsp3) is 0.611. The van der Waals surface area contributed by atoms with Crippen LogP contribution in [0.15, 0.2) is 24.3 Å². The predicted molar refractivity (Wildman–Crippen MR) is 85.0 cm³/mol. The third-order valence-electron chi connectivity index (χ3n) is 4.29. The molecule has 0 aromatic heterocycles. The summed E-state index contributed by atoms with van der Waals surface area (Å²) in [5, 5.41) is 3.01. The van der Waals surface area contributed by atoms with Crippen LogP contribution in [0.3, 0.4) is 0 Å². The predicted octanol–water partition coefficient (Wildman–Crippen LogP) is 4.89. The molecule has 0 saturated heterocycles. The number of benzene rings is 1. The van der Waals surface area contributed by atoms with Gasteiger partial charge in [-0.3, -0.25) is 4.79 Å². The van der Waals surface area contributed by atoms with Gasteiger partial charge < -0.3 is 5.32 Å². The lowest BCUT2D eigenvalue weighted by molar-refractivity contribution is -0.116. The first-order chi connectivity index (χ1) is 9.45. The van der Waals surface area contributed by atoms with E-state index in [0.717, 1.165) is 18.0 Å². The Morgan fingerprint density at radius 2 is 1.75 bits per heavy atom. The average Bonchev–Trinajstić information content (AvgIpc) is 2.89. The summed E-state index contributed by atoms with van der Waals surface area (Å²) in [5.74, 6) is 0.935. The molecule has 1 aliphatic rings. The summed E-state index contributed by atoms with van der Waals surface area (Å²) in [5.41, 5.74) is 2.36. The highest BCUT2D eigenvalue weighted by Gasteiger charge is 2.16. The second kappa shape index (κ2) is 6.43. The van der Waals surface area contributed by atoms with Gasteiger partial charge in [0.05, 0.1) is 0 Å². The van der Waals surface area contributed by atoms with Crippen molar-refractivity contribution in [1.82, 2.24) is 0 Å². The minimum absolute atomic E-state index is 0.153. The summed E-state index contributed by atoms with van der Waals surface area (Å²) in [7, 11) is 0. The Hall–Kier alpha value is -1.31. The molecular formula is C18H27NO. The van der Waals surface area contributed by atoms with Crippen LogP contribution in [0, 0.1) is 5.92 Å². The van der Waals surface area contributed by atoms with E-state index in [-0.39, 0.29) is 11.3 Å². The SMILES string of the molecule is CC(C)(C)c1ccc(NC(=O)CCC2CCCC2)cc1. The van der Waals surface area contributed by atoms with E-state index in [1.54, 1.807) is 0 Å². The van der Waals surface area contributed by atoms with Crippen LogP contribution in [0.5, 0.6) is 0 Å². The molecule has 1 aliphatic carbocycles. The minimum Gasteiger partial charge on any atom is -0.326 e. The molecule has 2 rings (SSSR count). The van der Waals surface area contributed by atoms with Gasteiger partial charge in [0.1, 0.15) is 0 Å². The zero-order chi connectivity index (χ0) is 14.6. The van der Waals surface area contributed by atoms with Gasteiger partial charge >= 0.3 is 0 Å². The Morgan fingerprint density at radius 3 is 2.30 bits per heavy atom. The van der Waals surface area contributed by atoms with Crippen molar-refractivity contribution in [3.05, 3.63) is 29.8 Å². The molecule has 0 heterocycles. The number of hydrogen-bond acceptors (Lipinski definition) is 1. The summed E-state index contributed by atoms with van der Waals surface area (Å²) in [6, 6.07) is 8.22. The maximum absolute atomic E-state index is 11.9. The summed E-state index contributed by atoms with van der Waals surface area (Å²) < 4.78 is 0. The Kier molecular flexibility index (Phi) is 4.85. The van der Waals surface area contributed by atoms with E-state index in [0.29, 0.717) is 6.42 Å². The first-order valence-electron chi connectivity index (χ1n) is 7.85. The van der Waals surface area contributed by atoms with Crippen molar-refractivity contribution in [1.29, 1.82) is 0 Å². The van der Waals surface area contributed by atoms with Gasteiger partial charge in [0.25, 0.3) is 0 Å². The van der Waals surface area contributed by atoms with Gasteiger partial charge in [-0.2, -0.15) is 0 Å². The second-order valence-electron chi connectivity index (χ2n) is 7.06. The van der Waals surface area contributed by atoms with Crippen molar-refractivity contribution < 1.29 is 4.79 Å². The van der Waals surface area contributed by atoms with E-state index in [4.69, 9.17) is 0 Å².